The van der Waals surface area contributed by atoms with E-state index in [9.17, 15) is 0 Å². The van der Waals surface area contributed by atoms with Crippen molar-refractivity contribution in [2.24, 2.45) is 0 Å². The Kier molecular flexibility index (Phi) is 1.53. The third kappa shape index (κ3) is 0.891. The highest BCUT2D eigenvalue weighted by Gasteiger charge is 2.29. The highest BCUT2D eigenvalue weighted by Crippen LogP contribution is 2.28. The first-order valence-corrected chi connectivity index (χ1v) is 4.26. The van der Waals surface area contributed by atoms with Crippen molar-refractivity contribution < 1.29 is 0 Å². The first-order valence-electron chi connectivity index (χ1n) is 4.26. The summed E-state index contributed by atoms with van der Waals surface area (Å²) >= 11 is 0. The summed E-state index contributed by atoms with van der Waals surface area (Å²) in [7, 11) is 2.26. The van der Waals surface area contributed by atoms with Crippen molar-refractivity contribution in [3.05, 3.63) is 12.2 Å². The van der Waals surface area contributed by atoms with Crippen molar-refractivity contribution in [1.82, 2.24) is 4.90 Å². The summed E-state index contributed by atoms with van der Waals surface area (Å²) in [6.07, 6.45) is 10.2. The Morgan fingerprint density at radius 3 is 3.10 bits per heavy atom. The number of hydrogen-bond acceptors (Lipinski definition) is 1. The lowest BCUT2D eigenvalue weighted by Gasteiger charge is -2.20. The van der Waals surface area contributed by atoms with Crippen LogP contribution in [0.15, 0.2) is 12.2 Å². The van der Waals surface area contributed by atoms with Crippen LogP contribution in [-0.4, -0.2) is 24.0 Å². The van der Waals surface area contributed by atoms with Gasteiger partial charge in [-0.1, -0.05) is 12.2 Å². The van der Waals surface area contributed by atoms with Crippen molar-refractivity contribution in [1.29, 1.82) is 0 Å². The Balaban J connectivity index is 2.17. The predicted molar refractivity (Wildman–Crippen MR) is 42.9 cm³/mol. The van der Waals surface area contributed by atoms with E-state index in [2.05, 4.69) is 24.1 Å². The molecule has 1 saturated heterocycles. The molecule has 56 valence electrons. The van der Waals surface area contributed by atoms with Crippen LogP contribution in [-0.2, 0) is 0 Å². The van der Waals surface area contributed by atoms with Crippen LogP contribution in [0, 0.1) is 0 Å². The molecule has 2 rings (SSSR count). The molecule has 0 aromatic heterocycles. The van der Waals surface area contributed by atoms with Gasteiger partial charge in [0.05, 0.1) is 0 Å². The van der Waals surface area contributed by atoms with Crippen molar-refractivity contribution in [2.45, 2.75) is 37.8 Å². The second-order valence-electron chi connectivity index (χ2n) is 3.47. The van der Waals surface area contributed by atoms with Crippen molar-refractivity contribution in [2.75, 3.05) is 7.05 Å². The summed E-state index contributed by atoms with van der Waals surface area (Å²) in [5.74, 6) is 0. The van der Waals surface area contributed by atoms with Crippen LogP contribution < -0.4 is 0 Å². The van der Waals surface area contributed by atoms with Crippen LogP contribution in [0.25, 0.3) is 0 Å². The lowest BCUT2D eigenvalue weighted by Crippen LogP contribution is -2.29. The number of fused-ring (bicyclic) bond motifs is 2. The van der Waals surface area contributed by atoms with E-state index in [0.29, 0.717) is 0 Å². The molecule has 0 radical (unpaired) electrons. The molecule has 10 heavy (non-hydrogen) atoms. The normalized spacial score (nSPS) is 40.1. The zero-order chi connectivity index (χ0) is 6.97. The first-order chi connectivity index (χ1) is 4.88. The average Bonchev–Trinajstić information content (AvgIpc) is 2.06. The van der Waals surface area contributed by atoms with E-state index in [4.69, 9.17) is 0 Å². The van der Waals surface area contributed by atoms with Gasteiger partial charge in [-0.2, -0.15) is 0 Å². The summed E-state index contributed by atoms with van der Waals surface area (Å²) in [6.45, 7) is 0. The van der Waals surface area contributed by atoms with E-state index >= 15 is 0 Å². The maximum absolute atomic E-state index is 2.53. The fourth-order valence-electron chi connectivity index (χ4n) is 2.16. The lowest BCUT2D eigenvalue weighted by atomic mass is 10.1. The molecule has 2 aliphatic rings. The van der Waals surface area contributed by atoms with Gasteiger partial charge in [-0.3, -0.25) is 4.90 Å². The molecule has 2 aliphatic heterocycles. The molecule has 0 N–H and O–H groups in total. The van der Waals surface area contributed by atoms with Gasteiger partial charge in [-0.25, -0.2) is 0 Å². The SMILES string of the molecule is CN1C2C=CCCC1CC2. The van der Waals surface area contributed by atoms with Gasteiger partial charge in [0.25, 0.3) is 0 Å². The van der Waals surface area contributed by atoms with Crippen LogP contribution in [0.3, 0.4) is 0 Å². The molecule has 1 heteroatoms. The zero-order valence-corrected chi connectivity index (χ0v) is 6.59. The van der Waals surface area contributed by atoms with Gasteiger partial charge in [-0.05, 0) is 32.7 Å². The third-order valence-corrected chi connectivity index (χ3v) is 2.92. The monoisotopic (exact) mass is 137 g/mol. The highest BCUT2D eigenvalue weighted by molar-refractivity contribution is 5.03. The number of hydrogen-bond donors (Lipinski definition) is 0. The molecule has 2 atom stereocenters. The Bertz CT molecular complexity index is 151. The summed E-state index contributed by atoms with van der Waals surface area (Å²) in [4.78, 5) is 2.53. The molecule has 1 nitrogen and oxygen atoms in total. The quantitative estimate of drug-likeness (QED) is 0.460. The van der Waals surface area contributed by atoms with Gasteiger partial charge >= 0.3 is 0 Å². The van der Waals surface area contributed by atoms with Crippen LogP contribution in [0.1, 0.15) is 25.7 Å². The highest BCUT2D eigenvalue weighted by atomic mass is 15.2. The molecule has 2 unspecified atom stereocenters. The molecule has 2 heterocycles. The second kappa shape index (κ2) is 2.39. The van der Waals surface area contributed by atoms with Gasteiger partial charge in [0.2, 0.25) is 0 Å². The van der Waals surface area contributed by atoms with Gasteiger partial charge in [-0.15, -0.1) is 0 Å². The summed E-state index contributed by atoms with van der Waals surface area (Å²) in [5, 5.41) is 0. The minimum Gasteiger partial charge on any atom is -0.297 e. The van der Waals surface area contributed by atoms with E-state index < -0.39 is 0 Å². The third-order valence-electron chi connectivity index (χ3n) is 2.92. The lowest BCUT2D eigenvalue weighted by molar-refractivity contribution is 0.267. The Morgan fingerprint density at radius 2 is 2.20 bits per heavy atom. The van der Waals surface area contributed by atoms with Crippen LogP contribution in [0.4, 0.5) is 0 Å². The maximum Gasteiger partial charge on any atom is 0.0278 e. The van der Waals surface area contributed by atoms with E-state index in [1.54, 1.807) is 0 Å². The van der Waals surface area contributed by atoms with Crippen molar-refractivity contribution in [3.63, 3.8) is 0 Å². The molecular weight excluding hydrogens is 122 g/mol. The molecular formula is C9H15N. The Hall–Kier alpha value is -0.300. The van der Waals surface area contributed by atoms with E-state index in [0.717, 1.165) is 12.1 Å². The molecule has 0 spiro atoms. The molecule has 0 amide bonds. The molecule has 0 aromatic carbocycles. The minimum atomic E-state index is 0.771. The second-order valence-corrected chi connectivity index (χ2v) is 3.47. The summed E-state index contributed by atoms with van der Waals surface area (Å²) in [5.41, 5.74) is 0. The van der Waals surface area contributed by atoms with Crippen LogP contribution in [0.2, 0.25) is 0 Å². The van der Waals surface area contributed by atoms with Gasteiger partial charge < -0.3 is 0 Å². The largest absolute Gasteiger partial charge is 0.297 e. The first kappa shape index (κ1) is 6.41. The summed E-state index contributed by atoms with van der Waals surface area (Å²) in [6, 6.07) is 1.66. The zero-order valence-electron chi connectivity index (χ0n) is 6.59. The molecule has 1 fully saturated rings. The standard InChI is InChI=1S/C9H15N/c1-10-8-4-2-3-5-9(10)7-6-8/h2,4,8-9H,3,5-7H2,1H3. The predicted octanol–water partition coefficient (Wildman–Crippen LogP) is 1.80. The number of allylic oxidation sites excluding steroid dienone is 1. The average molecular weight is 137 g/mol. The van der Waals surface area contributed by atoms with Crippen molar-refractivity contribution in [3.8, 4) is 0 Å². The Morgan fingerprint density at radius 1 is 1.30 bits per heavy atom. The topological polar surface area (TPSA) is 3.24 Å². The smallest absolute Gasteiger partial charge is 0.0278 e. The van der Waals surface area contributed by atoms with Gasteiger partial charge in [0.15, 0.2) is 0 Å². The van der Waals surface area contributed by atoms with Crippen LogP contribution >= 0.6 is 0 Å². The van der Waals surface area contributed by atoms with Crippen LogP contribution in [0.5, 0.6) is 0 Å². The molecule has 0 saturated carbocycles. The van der Waals surface area contributed by atoms with Gasteiger partial charge in [0.1, 0.15) is 0 Å². The van der Waals surface area contributed by atoms with E-state index in [-0.39, 0.29) is 0 Å². The van der Waals surface area contributed by atoms with E-state index in [1.807, 2.05) is 0 Å². The molecule has 0 aliphatic carbocycles. The number of likely N-dealkylation sites (N-methyl/N-ethyl adjacent to an activating group) is 1. The van der Waals surface area contributed by atoms with E-state index in [1.165, 1.54) is 25.7 Å². The maximum atomic E-state index is 2.53. The van der Waals surface area contributed by atoms with Gasteiger partial charge in [0, 0.05) is 12.1 Å². The minimum absolute atomic E-state index is 0.771. The Labute approximate surface area is 62.7 Å². The fourth-order valence-corrected chi connectivity index (χ4v) is 2.16. The molecule has 0 aromatic rings. The van der Waals surface area contributed by atoms with Crippen molar-refractivity contribution >= 4 is 0 Å². The summed E-state index contributed by atoms with van der Waals surface area (Å²) < 4.78 is 0. The number of nitrogens with zero attached hydrogens (tertiary/aromatic N) is 1. The number of rotatable bonds is 0. The molecule has 2 bridgehead atoms. The fraction of sp³-hybridized carbons (Fsp3) is 0.778.